The van der Waals surface area contributed by atoms with E-state index in [0.717, 1.165) is 36.6 Å². The predicted octanol–water partition coefficient (Wildman–Crippen LogP) is 4.12. The second kappa shape index (κ2) is 8.11. The zero-order valence-electron chi connectivity index (χ0n) is 14.2. The molecule has 1 aliphatic rings. The van der Waals surface area contributed by atoms with Crippen molar-refractivity contribution in [3.8, 4) is 0 Å². The fourth-order valence-electron chi connectivity index (χ4n) is 3.19. The average molecular weight is 386 g/mol. The SMILES string of the molecule is O=C(NCc1cccs1)N(CCn1ccc(C(F)(F)F)n1)C1CCCC1. The summed E-state index contributed by atoms with van der Waals surface area (Å²) in [5.41, 5.74) is -0.910. The van der Waals surface area contributed by atoms with Crippen LogP contribution in [0, 0.1) is 0 Å². The number of aromatic nitrogens is 2. The van der Waals surface area contributed by atoms with E-state index >= 15 is 0 Å². The van der Waals surface area contributed by atoms with E-state index in [9.17, 15) is 18.0 Å². The van der Waals surface area contributed by atoms with E-state index in [4.69, 9.17) is 0 Å². The number of hydrogen-bond donors (Lipinski definition) is 1. The normalized spacial score (nSPS) is 15.3. The van der Waals surface area contributed by atoms with Crippen molar-refractivity contribution in [2.75, 3.05) is 6.54 Å². The summed E-state index contributed by atoms with van der Waals surface area (Å²) in [6.45, 7) is 1.03. The van der Waals surface area contributed by atoms with Crippen LogP contribution in [0.5, 0.6) is 0 Å². The minimum absolute atomic E-state index is 0.135. The van der Waals surface area contributed by atoms with Crippen molar-refractivity contribution in [2.24, 2.45) is 0 Å². The number of halogens is 3. The van der Waals surface area contributed by atoms with E-state index in [1.807, 2.05) is 17.5 Å². The lowest BCUT2D eigenvalue weighted by Crippen LogP contribution is -2.46. The van der Waals surface area contributed by atoms with Crippen LogP contribution in [0.4, 0.5) is 18.0 Å². The molecule has 142 valence electrons. The quantitative estimate of drug-likeness (QED) is 0.812. The molecule has 0 atom stereocenters. The summed E-state index contributed by atoms with van der Waals surface area (Å²) in [4.78, 5) is 15.4. The average Bonchev–Trinajstić information content (AvgIpc) is 3.34. The van der Waals surface area contributed by atoms with Crippen LogP contribution in [0.25, 0.3) is 0 Å². The number of carbonyl (C=O) groups is 1. The number of thiophene rings is 1. The van der Waals surface area contributed by atoms with Gasteiger partial charge in [0, 0.05) is 23.7 Å². The molecule has 9 heteroatoms. The first-order valence-electron chi connectivity index (χ1n) is 8.61. The van der Waals surface area contributed by atoms with Gasteiger partial charge in [0.15, 0.2) is 5.69 Å². The number of hydrogen-bond acceptors (Lipinski definition) is 3. The lowest BCUT2D eigenvalue weighted by molar-refractivity contribution is -0.141. The van der Waals surface area contributed by atoms with Crippen molar-refractivity contribution < 1.29 is 18.0 Å². The smallest absolute Gasteiger partial charge is 0.333 e. The van der Waals surface area contributed by atoms with E-state index in [1.165, 1.54) is 10.9 Å². The second-order valence-corrected chi connectivity index (χ2v) is 7.36. The number of amides is 2. The molecule has 5 nitrogen and oxygen atoms in total. The molecule has 2 amide bonds. The molecule has 1 saturated carbocycles. The third-order valence-electron chi connectivity index (χ3n) is 4.52. The van der Waals surface area contributed by atoms with Crippen LogP contribution in [0.3, 0.4) is 0 Å². The Morgan fingerprint density at radius 3 is 2.73 bits per heavy atom. The van der Waals surface area contributed by atoms with Gasteiger partial charge in [0.25, 0.3) is 0 Å². The minimum atomic E-state index is -4.45. The standard InChI is InChI=1S/C17H21F3N4OS/c18-17(19,20)15-7-8-23(22-15)9-10-24(13-4-1-2-5-13)16(25)21-12-14-6-3-11-26-14/h3,6-8,11,13H,1-2,4-5,9-10,12H2,(H,21,25). The van der Waals surface area contributed by atoms with Crippen LogP contribution >= 0.6 is 11.3 Å². The lowest BCUT2D eigenvalue weighted by atomic mass is 10.2. The van der Waals surface area contributed by atoms with Crippen LogP contribution in [0.2, 0.25) is 0 Å². The molecule has 3 rings (SSSR count). The number of rotatable bonds is 6. The first-order valence-corrected chi connectivity index (χ1v) is 9.49. The van der Waals surface area contributed by atoms with Gasteiger partial charge in [-0.05, 0) is 30.4 Å². The minimum Gasteiger partial charge on any atom is -0.333 e. The molecular weight excluding hydrogens is 365 g/mol. The summed E-state index contributed by atoms with van der Waals surface area (Å²) in [7, 11) is 0. The van der Waals surface area contributed by atoms with Crippen molar-refractivity contribution in [2.45, 2.75) is 51.0 Å². The molecule has 1 N–H and O–H groups in total. The molecule has 0 radical (unpaired) electrons. The highest BCUT2D eigenvalue weighted by molar-refractivity contribution is 7.09. The van der Waals surface area contributed by atoms with Gasteiger partial charge in [-0.15, -0.1) is 11.3 Å². The van der Waals surface area contributed by atoms with Gasteiger partial charge in [-0.1, -0.05) is 18.9 Å². The zero-order chi connectivity index (χ0) is 18.6. The third-order valence-corrected chi connectivity index (χ3v) is 5.40. The van der Waals surface area contributed by atoms with Gasteiger partial charge in [-0.2, -0.15) is 18.3 Å². The van der Waals surface area contributed by atoms with Gasteiger partial charge in [0.1, 0.15) is 0 Å². The van der Waals surface area contributed by atoms with Crippen molar-refractivity contribution in [3.63, 3.8) is 0 Å². The Balaban J connectivity index is 1.60. The molecule has 0 saturated heterocycles. The molecule has 1 aliphatic carbocycles. The number of carbonyl (C=O) groups excluding carboxylic acids is 1. The molecule has 0 bridgehead atoms. The van der Waals surface area contributed by atoms with E-state index in [1.54, 1.807) is 16.2 Å². The maximum Gasteiger partial charge on any atom is 0.435 e. The van der Waals surface area contributed by atoms with E-state index in [0.29, 0.717) is 13.1 Å². The van der Waals surface area contributed by atoms with Crippen molar-refractivity contribution in [1.29, 1.82) is 0 Å². The Morgan fingerprint density at radius 1 is 1.35 bits per heavy atom. The topological polar surface area (TPSA) is 50.2 Å². The fraction of sp³-hybridized carbons (Fsp3) is 0.529. The highest BCUT2D eigenvalue weighted by Gasteiger charge is 2.33. The summed E-state index contributed by atoms with van der Waals surface area (Å²) < 4.78 is 39.2. The van der Waals surface area contributed by atoms with Crippen LogP contribution < -0.4 is 5.32 Å². The molecule has 0 aliphatic heterocycles. The van der Waals surface area contributed by atoms with Gasteiger partial charge in [0.05, 0.1) is 13.1 Å². The van der Waals surface area contributed by atoms with Crippen LogP contribution in [0.15, 0.2) is 29.8 Å². The molecule has 2 aromatic rings. The first-order chi connectivity index (χ1) is 12.4. The Hall–Kier alpha value is -2.03. The van der Waals surface area contributed by atoms with Crippen LogP contribution in [-0.4, -0.2) is 33.3 Å². The number of nitrogens with zero attached hydrogens (tertiary/aromatic N) is 3. The molecule has 1 fully saturated rings. The molecule has 0 spiro atoms. The van der Waals surface area contributed by atoms with Crippen LogP contribution in [-0.2, 0) is 19.3 Å². The van der Waals surface area contributed by atoms with Gasteiger partial charge in [-0.3, -0.25) is 4.68 Å². The van der Waals surface area contributed by atoms with Gasteiger partial charge < -0.3 is 10.2 Å². The zero-order valence-corrected chi connectivity index (χ0v) is 15.0. The molecule has 2 heterocycles. The highest BCUT2D eigenvalue weighted by atomic mass is 32.1. The monoisotopic (exact) mass is 386 g/mol. The maximum atomic E-state index is 12.7. The number of urea groups is 1. The van der Waals surface area contributed by atoms with Gasteiger partial charge in [-0.25, -0.2) is 4.79 Å². The Bertz CT molecular complexity index is 708. The molecule has 0 aromatic carbocycles. The summed E-state index contributed by atoms with van der Waals surface area (Å²) >= 11 is 1.57. The fourth-order valence-corrected chi connectivity index (χ4v) is 3.84. The van der Waals surface area contributed by atoms with Gasteiger partial charge >= 0.3 is 12.2 Å². The summed E-state index contributed by atoms with van der Waals surface area (Å²) in [5.74, 6) is 0. The lowest BCUT2D eigenvalue weighted by Gasteiger charge is -2.29. The number of nitrogens with one attached hydrogen (secondary N) is 1. The highest BCUT2D eigenvalue weighted by Crippen LogP contribution is 2.27. The van der Waals surface area contributed by atoms with E-state index < -0.39 is 11.9 Å². The molecule has 0 unspecified atom stereocenters. The van der Waals surface area contributed by atoms with E-state index in [-0.39, 0.29) is 18.6 Å². The summed E-state index contributed by atoms with van der Waals surface area (Å²) in [6.07, 6.45) is 0.852. The Morgan fingerprint density at radius 2 is 2.12 bits per heavy atom. The van der Waals surface area contributed by atoms with Crippen molar-refractivity contribution in [3.05, 3.63) is 40.3 Å². The van der Waals surface area contributed by atoms with E-state index in [2.05, 4.69) is 10.4 Å². The Kier molecular flexibility index (Phi) is 5.85. The summed E-state index contributed by atoms with van der Waals surface area (Å²) in [5, 5.41) is 8.43. The number of alkyl halides is 3. The molecule has 26 heavy (non-hydrogen) atoms. The van der Waals surface area contributed by atoms with Crippen LogP contribution in [0.1, 0.15) is 36.3 Å². The van der Waals surface area contributed by atoms with Crippen molar-refractivity contribution in [1.82, 2.24) is 20.0 Å². The predicted molar refractivity (Wildman–Crippen MR) is 92.7 cm³/mol. The molecular formula is C17H21F3N4OS. The maximum absolute atomic E-state index is 12.7. The van der Waals surface area contributed by atoms with Gasteiger partial charge in [0.2, 0.25) is 0 Å². The summed E-state index contributed by atoms with van der Waals surface area (Å²) in [6, 6.07) is 4.80. The third kappa shape index (κ3) is 4.78. The largest absolute Gasteiger partial charge is 0.435 e. The Labute approximate surface area is 153 Å². The molecule has 2 aromatic heterocycles. The second-order valence-electron chi connectivity index (χ2n) is 6.33. The first kappa shape index (κ1) is 18.8. The van der Waals surface area contributed by atoms with Crippen molar-refractivity contribution >= 4 is 17.4 Å².